The van der Waals surface area contributed by atoms with Gasteiger partial charge in [-0.15, -0.1) is 0 Å². The molecule has 2 fully saturated rings. The van der Waals surface area contributed by atoms with Gasteiger partial charge in [0.1, 0.15) is 10.5 Å². The van der Waals surface area contributed by atoms with E-state index in [9.17, 15) is 4.79 Å². The molecule has 4 aliphatic carbocycles. The van der Waals surface area contributed by atoms with Gasteiger partial charge in [-0.2, -0.15) is 0 Å². The highest BCUT2D eigenvalue weighted by Gasteiger charge is 2.60. The smallest absolute Gasteiger partial charge is 0.158 e. The van der Waals surface area contributed by atoms with Gasteiger partial charge in [0.15, 0.2) is 5.78 Å². The molecule has 0 bridgehead atoms. The van der Waals surface area contributed by atoms with Gasteiger partial charge in [0.2, 0.25) is 0 Å². The number of carbonyl (C=O) groups excluding carboxylic acids is 1. The van der Waals surface area contributed by atoms with Crippen molar-refractivity contribution >= 4 is 16.3 Å². The Morgan fingerprint density at radius 1 is 1.20 bits per heavy atom. The zero-order valence-corrected chi connectivity index (χ0v) is 18.6. The molecular weight excluding hydrogens is 324 g/mol. The Morgan fingerprint density at radius 3 is 2.64 bits per heavy atom. The van der Waals surface area contributed by atoms with Gasteiger partial charge in [-0.05, 0) is 73.3 Å². The lowest BCUT2D eigenvalue weighted by Gasteiger charge is -2.59. The summed E-state index contributed by atoms with van der Waals surface area (Å²) in [7, 11) is 0.711. The van der Waals surface area contributed by atoms with E-state index in [1.807, 2.05) is 6.08 Å². The van der Waals surface area contributed by atoms with Crippen LogP contribution in [-0.2, 0) is 9.22 Å². The van der Waals surface area contributed by atoms with Gasteiger partial charge in [0.05, 0.1) is 6.10 Å². The zero-order valence-electron chi connectivity index (χ0n) is 16.6. The molecule has 0 aromatic rings. The zero-order chi connectivity index (χ0) is 18.0. The predicted octanol–water partition coefficient (Wildman–Crippen LogP) is 3.99. The van der Waals surface area contributed by atoms with Crippen LogP contribution in [0.1, 0.15) is 66.2 Å². The molecule has 0 aliphatic heterocycles. The van der Waals surface area contributed by atoms with Crippen LogP contribution >= 0.6 is 0 Å². The lowest BCUT2D eigenvalue weighted by molar-refractivity contribution is -0.121. The molecule has 0 saturated heterocycles. The van der Waals surface area contributed by atoms with Crippen molar-refractivity contribution < 1.29 is 9.22 Å². The highest BCUT2D eigenvalue weighted by molar-refractivity contribution is 5.99. The second kappa shape index (κ2) is 5.92. The first-order chi connectivity index (χ1) is 11.9. The van der Waals surface area contributed by atoms with E-state index < -0.39 is 0 Å². The van der Waals surface area contributed by atoms with Crippen LogP contribution in [0.15, 0.2) is 23.3 Å². The second-order valence-electron chi connectivity index (χ2n) is 9.63. The molecule has 0 N–H and O–H groups in total. The average Bonchev–Trinajstić information content (AvgIpc) is 2.92. The normalized spacial score (nSPS) is 49.1. The Hall–Kier alpha value is -0.673. The average molecular weight is 359 g/mol. The topological polar surface area (TPSA) is 26.3 Å². The van der Waals surface area contributed by atoms with E-state index >= 15 is 0 Å². The summed E-state index contributed by atoms with van der Waals surface area (Å²) in [4.78, 5) is 12.2. The number of rotatable bonds is 2. The van der Waals surface area contributed by atoms with E-state index in [4.69, 9.17) is 4.43 Å². The van der Waals surface area contributed by atoms with Crippen molar-refractivity contribution in [3.8, 4) is 0 Å². The van der Waals surface area contributed by atoms with Gasteiger partial charge in [0.25, 0.3) is 0 Å². The summed E-state index contributed by atoms with van der Waals surface area (Å²) in [5, 5.41) is 0. The van der Waals surface area contributed by atoms with E-state index in [0.29, 0.717) is 34.2 Å². The van der Waals surface area contributed by atoms with Crippen LogP contribution in [0.25, 0.3) is 0 Å². The molecule has 0 radical (unpaired) electrons. The Bertz CT molecular complexity index is 650. The molecule has 2 saturated carbocycles. The molecule has 7 atom stereocenters. The number of carbonyl (C=O) groups is 1. The quantitative estimate of drug-likeness (QED) is 0.698. The molecule has 0 aromatic heterocycles. The highest BCUT2D eigenvalue weighted by Crippen LogP contribution is 2.67. The van der Waals surface area contributed by atoms with Gasteiger partial charge in [-0.25, -0.2) is 0 Å². The third-order valence-electron chi connectivity index (χ3n) is 8.92. The predicted molar refractivity (Wildman–Crippen MR) is 105 cm³/mol. The summed E-state index contributed by atoms with van der Waals surface area (Å²) in [6, 6.07) is 0. The van der Waals surface area contributed by atoms with E-state index in [-0.39, 0.29) is 17.3 Å². The minimum Gasteiger partial charge on any atom is -0.424 e. The largest absolute Gasteiger partial charge is 0.424 e. The van der Waals surface area contributed by atoms with Crippen molar-refractivity contribution in [2.75, 3.05) is 0 Å². The Morgan fingerprint density at radius 2 is 1.96 bits per heavy atom. The van der Waals surface area contributed by atoms with Crippen LogP contribution in [-0.4, -0.2) is 22.4 Å². The molecule has 25 heavy (non-hydrogen) atoms. The number of hydrogen-bond donors (Lipinski definition) is 0. The van der Waals surface area contributed by atoms with Crippen LogP contribution < -0.4 is 0 Å². The lowest BCUT2D eigenvalue weighted by Crippen LogP contribution is -2.55. The van der Waals surface area contributed by atoms with Crippen molar-refractivity contribution in [1.29, 1.82) is 0 Å². The van der Waals surface area contributed by atoms with E-state index in [1.165, 1.54) is 43.3 Å². The first-order valence-electron chi connectivity index (χ1n) is 10.3. The van der Waals surface area contributed by atoms with Gasteiger partial charge in [0, 0.05) is 11.8 Å². The fourth-order valence-corrected chi connectivity index (χ4v) is 8.17. The van der Waals surface area contributed by atoms with Crippen LogP contribution in [0.5, 0.6) is 0 Å². The summed E-state index contributed by atoms with van der Waals surface area (Å²) >= 11 is 0. The van der Waals surface area contributed by atoms with Crippen LogP contribution in [0.2, 0.25) is 0 Å². The van der Waals surface area contributed by atoms with E-state index in [0.717, 1.165) is 11.8 Å². The van der Waals surface area contributed by atoms with Gasteiger partial charge < -0.3 is 4.43 Å². The van der Waals surface area contributed by atoms with Gasteiger partial charge in [-0.3, -0.25) is 4.79 Å². The van der Waals surface area contributed by atoms with Gasteiger partial charge >= 0.3 is 0 Å². The molecule has 4 aliphatic rings. The van der Waals surface area contributed by atoms with Crippen LogP contribution in [0, 0.1) is 34.5 Å². The molecule has 3 heteroatoms. The summed E-state index contributed by atoms with van der Waals surface area (Å²) in [5.74, 6) is 3.30. The van der Waals surface area contributed by atoms with Crippen LogP contribution in [0.3, 0.4) is 0 Å². The highest BCUT2D eigenvalue weighted by atomic mass is 28.2. The maximum atomic E-state index is 12.2. The molecule has 2 nitrogen and oxygen atoms in total. The van der Waals surface area contributed by atoms with E-state index in [1.54, 1.807) is 0 Å². The molecule has 0 heterocycles. The van der Waals surface area contributed by atoms with Gasteiger partial charge in [-0.1, -0.05) is 38.8 Å². The first-order valence-corrected chi connectivity index (χ1v) is 11.1. The number of allylic oxidation sites excluding steroid dienone is 3. The molecule has 1 unspecified atom stereocenters. The van der Waals surface area contributed by atoms with Crippen LogP contribution in [0.4, 0.5) is 0 Å². The minimum atomic E-state index is 0.0332. The van der Waals surface area contributed by atoms with Crippen molar-refractivity contribution in [1.82, 2.24) is 0 Å². The summed E-state index contributed by atoms with van der Waals surface area (Å²) in [5.41, 5.74) is 3.34. The summed E-state index contributed by atoms with van der Waals surface area (Å²) in [6.45, 7) is 9.71. The molecule has 4 rings (SSSR count). The van der Waals surface area contributed by atoms with Crippen molar-refractivity contribution in [3.05, 3.63) is 23.3 Å². The fourth-order valence-electron chi connectivity index (χ4n) is 7.51. The third-order valence-corrected chi connectivity index (χ3v) is 9.49. The molecule has 0 amide bonds. The Labute approximate surface area is 156 Å². The minimum absolute atomic E-state index is 0.0332. The SMILES string of the molecule is CC[C@H]1CC[C@H]2[C@@H]3C(C)=CC4=CC(=O)CC(O[SiH3])[C@]4(C)[C@H]3CC[C@]12C. The summed E-state index contributed by atoms with van der Waals surface area (Å²) < 4.78 is 6.05. The maximum absolute atomic E-state index is 12.2. The van der Waals surface area contributed by atoms with Crippen molar-refractivity contribution in [2.45, 2.75) is 72.3 Å². The third kappa shape index (κ3) is 2.27. The maximum Gasteiger partial charge on any atom is 0.158 e. The standard InChI is InChI=1S/C22H34O2Si/c1-5-14-6-7-17-20-13(2)10-15-11-16(23)12-19(24-25)22(15,4)18(20)8-9-21(14,17)3/h10-11,14,17-20H,5-9,12H2,1-4,25H3/t14-,17-,18-,19?,20-,21+,22-/m0/s1. The Balaban J connectivity index is 1.81. The van der Waals surface area contributed by atoms with E-state index in [2.05, 4.69) is 33.8 Å². The lowest BCUT2D eigenvalue weighted by atomic mass is 9.46. The monoisotopic (exact) mass is 358 g/mol. The first kappa shape index (κ1) is 17.7. The molecule has 0 aromatic carbocycles. The fraction of sp³-hybridized carbons (Fsp3) is 0.773. The Kier molecular flexibility index (Phi) is 4.20. The van der Waals surface area contributed by atoms with Crippen molar-refractivity contribution in [3.63, 3.8) is 0 Å². The molecular formula is C22H34O2Si. The second-order valence-corrected chi connectivity index (χ2v) is 10.1. The number of ketones is 1. The number of fused-ring (bicyclic) bond motifs is 5. The molecule has 138 valence electrons. The molecule has 0 spiro atoms. The van der Waals surface area contributed by atoms with Crippen molar-refractivity contribution in [2.24, 2.45) is 34.5 Å². The summed E-state index contributed by atoms with van der Waals surface area (Å²) in [6.07, 6.45) is 11.8. The number of hydrogen-bond acceptors (Lipinski definition) is 2.